The van der Waals surface area contributed by atoms with Gasteiger partial charge in [-0.2, -0.15) is 13.2 Å². The van der Waals surface area contributed by atoms with Gasteiger partial charge in [0.2, 0.25) is 0 Å². The predicted molar refractivity (Wildman–Crippen MR) is 75.5 cm³/mol. The molecule has 2 heterocycles. The Morgan fingerprint density at radius 1 is 1.24 bits per heavy atom. The van der Waals surface area contributed by atoms with Crippen LogP contribution in [0.15, 0.2) is 41.3 Å². The number of imidazole rings is 1. The number of nitrogen functional groups attached to an aromatic ring is 1. The average molecular weight is 357 g/mol. The van der Waals surface area contributed by atoms with Crippen LogP contribution in [0.25, 0.3) is 16.9 Å². The quantitative estimate of drug-likeness (QED) is 0.722. The maximum Gasteiger partial charge on any atom is 0.416 e. The molecule has 0 aliphatic heterocycles. The fraction of sp³-hybridized carbons (Fsp3) is 0.0769. The number of nitrogens with two attached hydrogens (primary N) is 1. The lowest BCUT2D eigenvalue weighted by Gasteiger charge is -2.11. The highest BCUT2D eigenvalue weighted by atomic mass is 79.9. The molecular weight excluding hydrogens is 349 g/mol. The topological polar surface area (TPSA) is 56.2 Å². The number of benzene rings is 1. The lowest BCUT2D eigenvalue weighted by atomic mass is 10.1. The van der Waals surface area contributed by atoms with Crippen LogP contribution in [-0.2, 0) is 6.18 Å². The van der Waals surface area contributed by atoms with Gasteiger partial charge in [-0.25, -0.2) is 9.97 Å². The Kier molecular flexibility index (Phi) is 3.12. The molecule has 1 aromatic carbocycles. The van der Waals surface area contributed by atoms with E-state index in [2.05, 4.69) is 25.9 Å². The minimum Gasteiger partial charge on any atom is -0.381 e. The Balaban J connectivity index is 2.23. The van der Waals surface area contributed by atoms with E-state index >= 15 is 0 Å². The van der Waals surface area contributed by atoms with Crippen molar-refractivity contribution in [1.82, 2.24) is 14.4 Å². The van der Waals surface area contributed by atoms with Crippen LogP contribution in [-0.4, -0.2) is 14.4 Å². The first-order chi connectivity index (χ1) is 9.88. The molecule has 0 aliphatic carbocycles. The van der Waals surface area contributed by atoms with Crippen molar-refractivity contribution < 1.29 is 13.2 Å². The number of alkyl halides is 3. The third kappa shape index (κ3) is 2.35. The van der Waals surface area contributed by atoms with Crippen molar-refractivity contribution >= 4 is 27.4 Å². The summed E-state index contributed by atoms with van der Waals surface area (Å²) in [4.78, 5) is 8.18. The number of anilines is 1. The molecule has 4 nitrogen and oxygen atoms in total. The van der Waals surface area contributed by atoms with Crippen LogP contribution in [0, 0.1) is 0 Å². The standard InChI is InChI=1S/C13H8BrF3N4/c14-10-9(20-11(18)12-19-4-5-21(10)12)7-2-1-3-8(6-7)13(15,16)17/h1-6H,(H2,18,20). The lowest BCUT2D eigenvalue weighted by Crippen LogP contribution is -2.05. The third-order valence-corrected chi connectivity index (χ3v) is 3.73. The Hall–Kier alpha value is -2.09. The largest absolute Gasteiger partial charge is 0.416 e. The van der Waals surface area contributed by atoms with E-state index in [4.69, 9.17) is 5.73 Å². The Morgan fingerprint density at radius 3 is 2.71 bits per heavy atom. The molecule has 0 amide bonds. The van der Waals surface area contributed by atoms with Crippen molar-refractivity contribution in [1.29, 1.82) is 0 Å². The third-order valence-electron chi connectivity index (χ3n) is 2.97. The van der Waals surface area contributed by atoms with Gasteiger partial charge >= 0.3 is 6.18 Å². The molecule has 0 atom stereocenters. The van der Waals surface area contributed by atoms with Gasteiger partial charge in [0.1, 0.15) is 10.3 Å². The highest BCUT2D eigenvalue weighted by Crippen LogP contribution is 2.34. The molecule has 0 spiro atoms. The summed E-state index contributed by atoms with van der Waals surface area (Å²) < 4.78 is 40.5. The molecular formula is C13H8BrF3N4. The molecule has 8 heteroatoms. The van der Waals surface area contributed by atoms with Gasteiger partial charge in [0.05, 0.1) is 5.56 Å². The van der Waals surface area contributed by atoms with Gasteiger partial charge in [-0.3, -0.25) is 4.40 Å². The summed E-state index contributed by atoms with van der Waals surface area (Å²) in [6.45, 7) is 0. The van der Waals surface area contributed by atoms with Gasteiger partial charge in [0.25, 0.3) is 0 Å². The Labute approximate surface area is 125 Å². The molecule has 0 bridgehead atoms. The molecule has 0 radical (unpaired) electrons. The van der Waals surface area contributed by atoms with E-state index < -0.39 is 11.7 Å². The van der Waals surface area contributed by atoms with E-state index in [-0.39, 0.29) is 5.82 Å². The number of halogens is 4. The smallest absolute Gasteiger partial charge is 0.381 e. The molecule has 3 aromatic rings. The SMILES string of the molecule is Nc1nc(-c2cccc(C(F)(F)F)c2)c(Br)n2ccnc12. The first-order valence-electron chi connectivity index (χ1n) is 5.83. The number of fused-ring (bicyclic) bond motifs is 1. The van der Waals surface area contributed by atoms with Crippen molar-refractivity contribution in [3.63, 3.8) is 0 Å². The van der Waals surface area contributed by atoms with E-state index in [0.717, 1.165) is 12.1 Å². The summed E-state index contributed by atoms with van der Waals surface area (Å²) in [6, 6.07) is 4.93. The molecule has 0 fully saturated rings. The van der Waals surface area contributed by atoms with Gasteiger partial charge in [-0.1, -0.05) is 12.1 Å². The van der Waals surface area contributed by atoms with Crippen LogP contribution in [0.5, 0.6) is 0 Å². The molecule has 0 saturated heterocycles. The Bertz CT molecular complexity index is 826. The molecule has 21 heavy (non-hydrogen) atoms. The van der Waals surface area contributed by atoms with Crippen molar-refractivity contribution in [3.8, 4) is 11.3 Å². The van der Waals surface area contributed by atoms with E-state index in [1.807, 2.05) is 0 Å². The second-order valence-corrected chi connectivity index (χ2v) is 5.09. The molecule has 0 saturated carbocycles. The normalized spacial score (nSPS) is 12.0. The maximum absolute atomic E-state index is 12.8. The number of hydrogen-bond donors (Lipinski definition) is 1. The van der Waals surface area contributed by atoms with Crippen LogP contribution in [0.3, 0.4) is 0 Å². The number of nitrogens with zero attached hydrogens (tertiary/aromatic N) is 3. The van der Waals surface area contributed by atoms with Crippen molar-refractivity contribution in [2.75, 3.05) is 5.73 Å². The van der Waals surface area contributed by atoms with E-state index in [1.54, 1.807) is 16.7 Å². The zero-order chi connectivity index (χ0) is 15.2. The maximum atomic E-state index is 12.8. The predicted octanol–water partition coefficient (Wildman–Crippen LogP) is 3.76. The summed E-state index contributed by atoms with van der Waals surface area (Å²) in [5, 5.41) is 0. The van der Waals surface area contributed by atoms with Crippen LogP contribution in [0.2, 0.25) is 0 Å². The molecule has 0 unspecified atom stereocenters. The van der Waals surface area contributed by atoms with E-state index in [9.17, 15) is 13.2 Å². The van der Waals surface area contributed by atoms with E-state index in [1.165, 1.54) is 12.3 Å². The van der Waals surface area contributed by atoms with Gasteiger partial charge in [-0.15, -0.1) is 0 Å². The number of rotatable bonds is 1. The monoisotopic (exact) mass is 356 g/mol. The minimum absolute atomic E-state index is 0.149. The second-order valence-electron chi connectivity index (χ2n) is 4.34. The summed E-state index contributed by atoms with van der Waals surface area (Å²) >= 11 is 3.33. The highest BCUT2D eigenvalue weighted by Gasteiger charge is 2.30. The van der Waals surface area contributed by atoms with Crippen LogP contribution < -0.4 is 5.73 Å². The Morgan fingerprint density at radius 2 is 2.00 bits per heavy atom. The lowest BCUT2D eigenvalue weighted by molar-refractivity contribution is -0.137. The zero-order valence-electron chi connectivity index (χ0n) is 10.4. The van der Waals surface area contributed by atoms with Gasteiger partial charge in [0, 0.05) is 18.0 Å². The fourth-order valence-corrected chi connectivity index (χ4v) is 2.61. The molecule has 3 rings (SSSR count). The highest BCUT2D eigenvalue weighted by molar-refractivity contribution is 9.10. The second kappa shape index (κ2) is 4.73. The average Bonchev–Trinajstić information content (AvgIpc) is 2.92. The van der Waals surface area contributed by atoms with Crippen LogP contribution in [0.1, 0.15) is 5.56 Å². The zero-order valence-corrected chi connectivity index (χ0v) is 12.0. The van der Waals surface area contributed by atoms with Crippen molar-refractivity contribution in [3.05, 3.63) is 46.8 Å². The number of hydrogen-bond acceptors (Lipinski definition) is 3. The summed E-state index contributed by atoms with van der Waals surface area (Å²) in [6.07, 6.45) is -1.23. The molecule has 108 valence electrons. The van der Waals surface area contributed by atoms with Crippen molar-refractivity contribution in [2.24, 2.45) is 0 Å². The summed E-state index contributed by atoms with van der Waals surface area (Å²) in [5.41, 5.74) is 6.14. The summed E-state index contributed by atoms with van der Waals surface area (Å²) in [5.74, 6) is 0.149. The molecule has 0 aliphatic rings. The van der Waals surface area contributed by atoms with Gasteiger partial charge < -0.3 is 5.73 Å². The van der Waals surface area contributed by atoms with Crippen LogP contribution in [0.4, 0.5) is 19.0 Å². The van der Waals surface area contributed by atoms with E-state index in [0.29, 0.717) is 21.5 Å². The molecule has 2 aromatic heterocycles. The minimum atomic E-state index is -4.41. The first-order valence-corrected chi connectivity index (χ1v) is 6.63. The van der Waals surface area contributed by atoms with Gasteiger partial charge in [0.15, 0.2) is 11.5 Å². The number of aromatic nitrogens is 3. The first kappa shape index (κ1) is 13.9. The fourth-order valence-electron chi connectivity index (χ4n) is 2.01. The van der Waals surface area contributed by atoms with Crippen molar-refractivity contribution in [2.45, 2.75) is 6.18 Å². The van der Waals surface area contributed by atoms with Crippen LogP contribution >= 0.6 is 15.9 Å². The van der Waals surface area contributed by atoms with Gasteiger partial charge in [-0.05, 0) is 28.1 Å². The molecule has 2 N–H and O–H groups in total. The summed E-state index contributed by atoms with van der Waals surface area (Å²) in [7, 11) is 0.